The van der Waals surface area contributed by atoms with Gasteiger partial charge < -0.3 is 9.30 Å². The Morgan fingerprint density at radius 2 is 2.17 bits per heavy atom. The minimum atomic E-state index is -0.0319. The van der Waals surface area contributed by atoms with Crippen molar-refractivity contribution in [1.29, 1.82) is 0 Å². The summed E-state index contributed by atoms with van der Waals surface area (Å²) in [4.78, 5) is 12.2. The standard InChI is InChI=1S/C20H27NO2/c1-5-23-20(22)15-7-9-19-17(11-15)16-10-14(4)6-8-18(16)21(19)12-13(2)3/h6,8,10,13,15H,5,7,9,11-12H2,1-4H3. The highest BCUT2D eigenvalue weighted by molar-refractivity contribution is 5.87. The van der Waals surface area contributed by atoms with Crippen LogP contribution in [0.1, 0.15) is 44.0 Å². The van der Waals surface area contributed by atoms with E-state index >= 15 is 0 Å². The summed E-state index contributed by atoms with van der Waals surface area (Å²) in [5.74, 6) is 0.593. The molecule has 0 N–H and O–H groups in total. The van der Waals surface area contributed by atoms with E-state index in [4.69, 9.17) is 4.74 Å². The van der Waals surface area contributed by atoms with Crippen LogP contribution in [0.3, 0.4) is 0 Å². The topological polar surface area (TPSA) is 31.2 Å². The normalized spacial score (nSPS) is 17.5. The maximum Gasteiger partial charge on any atom is 0.309 e. The monoisotopic (exact) mass is 313 g/mol. The van der Waals surface area contributed by atoms with Gasteiger partial charge in [-0.3, -0.25) is 4.79 Å². The number of aromatic nitrogens is 1. The summed E-state index contributed by atoms with van der Waals surface area (Å²) in [5.41, 5.74) is 5.40. The number of carbonyl (C=O) groups is 1. The van der Waals surface area contributed by atoms with Crippen molar-refractivity contribution in [2.24, 2.45) is 11.8 Å². The van der Waals surface area contributed by atoms with Gasteiger partial charge in [0, 0.05) is 23.1 Å². The predicted octanol–water partition coefficient (Wildman–Crippen LogP) is 4.27. The Kier molecular flexibility index (Phi) is 4.47. The van der Waals surface area contributed by atoms with Gasteiger partial charge in [-0.25, -0.2) is 0 Å². The molecule has 0 spiro atoms. The lowest BCUT2D eigenvalue weighted by molar-refractivity contribution is -0.148. The molecule has 23 heavy (non-hydrogen) atoms. The zero-order valence-electron chi connectivity index (χ0n) is 14.7. The molecular weight excluding hydrogens is 286 g/mol. The first-order chi connectivity index (χ1) is 11.0. The average Bonchev–Trinajstić information content (AvgIpc) is 2.80. The zero-order chi connectivity index (χ0) is 16.6. The molecule has 2 aromatic rings. The Hall–Kier alpha value is -1.77. The van der Waals surface area contributed by atoms with E-state index in [2.05, 4.69) is 43.5 Å². The van der Waals surface area contributed by atoms with Crippen LogP contribution in [-0.2, 0) is 28.9 Å². The number of rotatable bonds is 4. The highest BCUT2D eigenvalue weighted by atomic mass is 16.5. The summed E-state index contributed by atoms with van der Waals surface area (Å²) in [6.07, 6.45) is 2.69. The van der Waals surface area contributed by atoms with Crippen molar-refractivity contribution >= 4 is 16.9 Å². The third-order valence-corrected chi connectivity index (χ3v) is 4.79. The summed E-state index contributed by atoms with van der Waals surface area (Å²) < 4.78 is 7.74. The van der Waals surface area contributed by atoms with Gasteiger partial charge in [0.25, 0.3) is 0 Å². The molecule has 0 amide bonds. The highest BCUT2D eigenvalue weighted by Crippen LogP contribution is 2.35. The molecule has 0 bridgehead atoms. The second kappa shape index (κ2) is 6.38. The molecule has 1 unspecified atom stereocenters. The van der Waals surface area contributed by atoms with Gasteiger partial charge in [0.1, 0.15) is 0 Å². The lowest BCUT2D eigenvalue weighted by Crippen LogP contribution is -2.25. The van der Waals surface area contributed by atoms with E-state index in [0.29, 0.717) is 12.5 Å². The third kappa shape index (κ3) is 3.01. The molecule has 1 aliphatic carbocycles. The summed E-state index contributed by atoms with van der Waals surface area (Å²) in [5, 5.41) is 1.33. The fraction of sp³-hybridized carbons (Fsp3) is 0.550. The van der Waals surface area contributed by atoms with Crippen LogP contribution in [-0.4, -0.2) is 17.1 Å². The Balaban J connectivity index is 2.06. The van der Waals surface area contributed by atoms with E-state index in [1.165, 1.54) is 27.7 Å². The minimum Gasteiger partial charge on any atom is -0.466 e. The van der Waals surface area contributed by atoms with Crippen LogP contribution in [0.4, 0.5) is 0 Å². The van der Waals surface area contributed by atoms with Crippen molar-refractivity contribution < 1.29 is 9.53 Å². The number of aryl methyl sites for hydroxylation is 1. The van der Waals surface area contributed by atoms with E-state index in [1.807, 2.05) is 6.92 Å². The molecular formula is C20H27NO2. The van der Waals surface area contributed by atoms with E-state index in [-0.39, 0.29) is 11.9 Å². The average molecular weight is 313 g/mol. The molecule has 0 radical (unpaired) electrons. The molecule has 3 heteroatoms. The first-order valence-corrected chi connectivity index (χ1v) is 8.78. The van der Waals surface area contributed by atoms with E-state index in [9.17, 15) is 4.79 Å². The van der Waals surface area contributed by atoms with Crippen molar-refractivity contribution in [3.8, 4) is 0 Å². The molecule has 0 aliphatic heterocycles. The van der Waals surface area contributed by atoms with Crippen molar-refractivity contribution in [3.63, 3.8) is 0 Å². The van der Waals surface area contributed by atoms with Crippen LogP contribution in [0.2, 0.25) is 0 Å². The van der Waals surface area contributed by atoms with Crippen molar-refractivity contribution in [2.45, 2.75) is 53.5 Å². The molecule has 3 nitrogen and oxygen atoms in total. The minimum absolute atomic E-state index is 0.0149. The van der Waals surface area contributed by atoms with Crippen molar-refractivity contribution in [2.75, 3.05) is 6.61 Å². The maximum absolute atomic E-state index is 12.2. The summed E-state index contributed by atoms with van der Waals surface area (Å²) >= 11 is 0. The number of esters is 1. The predicted molar refractivity (Wildman–Crippen MR) is 93.7 cm³/mol. The first-order valence-electron chi connectivity index (χ1n) is 8.78. The number of fused-ring (bicyclic) bond motifs is 3. The van der Waals surface area contributed by atoms with Crippen LogP contribution in [0.5, 0.6) is 0 Å². The molecule has 0 saturated heterocycles. The van der Waals surface area contributed by atoms with Gasteiger partial charge in [0.15, 0.2) is 0 Å². The largest absolute Gasteiger partial charge is 0.466 e. The van der Waals surface area contributed by atoms with Gasteiger partial charge in [-0.05, 0) is 56.7 Å². The zero-order valence-corrected chi connectivity index (χ0v) is 14.7. The fourth-order valence-electron chi connectivity index (χ4n) is 3.80. The van der Waals surface area contributed by atoms with Gasteiger partial charge >= 0.3 is 5.97 Å². The molecule has 0 saturated carbocycles. The first kappa shape index (κ1) is 16.1. The van der Waals surface area contributed by atoms with Crippen LogP contribution in [0.15, 0.2) is 18.2 Å². The Morgan fingerprint density at radius 1 is 1.39 bits per heavy atom. The molecule has 0 fully saturated rings. The SMILES string of the molecule is CCOC(=O)C1CCc2c(c3cc(C)ccc3n2CC(C)C)C1. The molecule has 3 rings (SSSR count). The lowest BCUT2D eigenvalue weighted by atomic mass is 9.86. The fourth-order valence-corrected chi connectivity index (χ4v) is 3.80. The van der Waals surface area contributed by atoms with E-state index < -0.39 is 0 Å². The number of hydrogen-bond acceptors (Lipinski definition) is 2. The van der Waals surface area contributed by atoms with Gasteiger partial charge in [-0.1, -0.05) is 25.5 Å². The van der Waals surface area contributed by atoms with Crippen LogP contribution >= 0.6 is 0 Å². The van der Waals surface area contributed by atoms with Crippen molar-refractivity contribution in [3.05, 3.63) is 35.0 Å². The highest BCUT2D eigenvalue weighted by Gasteiger charge is 2.30. The molecule has 1 atom stereocenters. The molecule has 1 aromatic heterocycles. The molecule has 1 aliphatic rings. The van der Waals surface area contributed by atoms with Gasteiger partial charge in [-0.15, -0.1) is 0 Å². The molecule has 1 heterocycles. The summed E-state index contributed by atoms with van der Waals surface area (Å²) in [6.45, 7) is 10.0. The van der Waals surface area contributed by atoms with Gasteiger partial charge in [0.2, 0.25) is 0 Å². The maximum atomic E-state index is 12.2. The number of nitrogens with zero attached hydrogens (tertiary/aromatic N) is 1. The van der Waals surface area contributed by atoms with E-state index in [0.717, 1.165) is 25.8 Å². The van der Waals surface area contributed by atoms with Crippen molar-refractivity contribution in [1.82, 2.24) is 4.57 Å². The number of hydrogen-bond donors (Lipinski definition) is 0. The van der Waals surface area contributed by atoms with Gasteiger partial charge in [0.05, 0.1) is 12.5 Å². The Labute approximate surface area is 138 Å². The number of benzene rings is 1. The number of ether oxygens (including phenoxy) is 1. The smallest absolute Gasteiger partial charge is 0.309 e. The molecule has 124 valence electrons. The second-order valence-electron chi connectivity index (χ2n) is 7.14. The quantitative estimate of drug-likeness (QED) is 0.789. The summed E-state index contributed by atoms with van der Waals surface area (Å²) in [6, 6.07) is 6.71. The Morgan fingerprint density at radius 3 is 2.87 bits per heavy atom. The molecule has 1 aromatic carbocycles. The van der Waals surface area contributed by atoms with Crippen LogP contribution < -0.4 is 0 Å². The third-order valence-electron chi connectivity index (χ3n) is 4.79. The van der Waals surface area contributed by atoms with Crippen LogP contribution in [0, 0.1) is 18.8 Å². The lowest BCUT2D eigenvalue weighted by Gasteiger charge is -2.23. The van der Waals surface area contributed by atoms with E-state index in [1.54, 1.807) is 0 Å². The summed E-state index contributed by atoms with van der Waals surface area (Å²) in [7, 11) is 0. The Bertz CT molecular complexity index is 727. The van der Waals surface area contributed by atoms with Crippen LogP contribution in [0.25, 0.3) is 10.9 Å². The number of carbonyl (C=O) groups excluding carboxylic acids is 1. The van der Waals surface area contributed by atoms with Gasteiger partial charge in [-0.2, -0.15) is 0 Å². The second-order valence-corrected chi connectivity index (χ2v) is 7.14.